The van der Waals surface area contributed by atoms with Crippen LogP contribution in [0, 0.1) is 0 Å². The Morgan fingerprint density at radius 1 is 0.895 bits per heavy atom. The molecule has 0 radical (unpaired) electrons. The Kier molecular flexibility index (Phi) is 2.53. The molecule has 0 atom stereocenters. The highest BCUT2D eigenvalue weighted by atomic mass is 16.3. The van der Waals surface area contributed by atoms with Crippen molar-refractivity contribution in [3.8, 4) is 5.75 Å². The number of benzene rings is 2. The van der Waals surface area contributed by atoms with E-state index in [0.717, 1.165) is 10.8 Å². The molecule has 92 valence electrons. The molecule has 0 spiro atoms. The molecule has 0 saturated heterocycles. The van der Waals surface area contributed by atoms with Gasteiger partial charge in [0, 0.05) is 11.1 Å². The lowest BCUT2D eigenvalue weighted by Crippen LogP contribution is -2.07. The van der Waals surface area contributed by atoms with Crippen molar-refractivity contribution in [2.45, 2.75) is 0 Å². The van der Waals surface area contributed by atoms with E-state index in [9.17, 15) is 14.7 Å². The standard InChI is InChI=1S/C16H10O3/c17-11-6-8-14(18)13(9-11)16-12-4-2-1-3-10(12)5-7-15(16)19/h1-9,19H. The molecule has 0 heterocycles. The van der Waals surface area contributed by atoms with Gasteiger partial charge in [-0.05, 0) is 35.1 Å². The van der Waals surface area contributed by atoms with Crippen molar-refractivity contribution in [3.63, 3.8) is 0 Å². The van der Waals surface area contributed by atoms with E-state index in [1.54, 1.807) is 6.07 Å². The monoisotopic (exact) mass is 250 g/mol. The molecule has 3 rings (SSSR count). The number of carbonyl (C=O) groups excluding carboxylic acids is 2. The summed E-state index contributed by atoms with van der Waals surface area (Å²) in [4.78, 5) is 23.4. The average Bonchev–Trinajstić information content (AvgIpc) is 2.42. The highest BCUT2D eigenvalue weighted by Gasteiger charge is 2.20. The van der Waals surface area contributed by atoms with Crippen LogP contribution >= 0.6 is 0 Å². The fourth-order valence-electron chi connectivity index (χ4n) is 2.25. The summed E-state index contributed by atoms with van der Waals surface area (Å²) in [7, 11) is 0. The lowest BCUT2D eigenvalue weighted by molar-refractivity contribution is -0.113. The summed E-state index contributed by atoms with van der Waals surface area (Å²) in [6.07, 6.45) is 3.73. The number of allylic oxidation sites excluding steroid dienone is 4. The molecule has 3 heteroatoms. The van der Waals surface area contributed by atoms with Crippen LogP contribution < -0.4 is 0 Å². The second kappa shape index (κ2) is 4.21. The van der Waals surface area contributed by atoms with E-state index in [2.05, 4.69) is 0 Å². The lowest BCUT2D eigenvalue weighted by Gasteiger charge is -2.12. The van der Waals surface area contributed by atoms with Gasteiger partial charge in [0.1, 0.15) is 5.75 Å². The molecule has 3 nitrogen and oxygen atoms in total. The molecule has 0 fully saturated rings. The predicted molar refractivity (Wildman–Crippen MR) is 72.7 cm³/mol. The number of hydrogen-bond donors (Lipinski definition) is 1. The van der Waals surface area contributed by atoms with E-state index in [4.69, 9.17) is 0 Å². The van der Waals surface area contributed by atoms with E-state index >= 15 is 0 Å². The number of ketones is 2. The van der Waals surface area contributed by atoms with Gasteiger partial charge in [0.25, 0.3) is 0 Å². The topological polar surface area (TPSA) is 54.4 Å². The summed E-state index contributed by atoms with van der Waals surface area (Å²) in [5.41, 5.74) is 0.655. The van der Waals surface area contributed by atoms with Gasteiger partial charge < -0.3 is 5.11 Å². The maximum atomic E-state index is 11.9. The third kappa shape index (κ3) is 1.85. The SMILES string of the molecule is O=C1C=CC(=O)C(c2c(O)ccc3ccccc23)=C1. The van der Waals surface area contributed by atoms with Gasteiger partial charge in [0.2, 0.25) is 0 Å². The lowest BCUT2D eigenvalue weighted by atomic mass is 9.91. The zero-order valence-electron chi connectivity index (χ0n) is 9.96. The van der Waals surface area contributed by atoms with Gasteiger partial charge in [0.05, 0.1) is 0 Å². The van der Waals surface area contributed by atoms with Crippen molar-refractivity contribution in [1.29, 1.82) is 0 Å². The molecule has 1 aliphatic carbocycles. The minimum Gasteiger partial charge on any atom is -0.507 e. The summed E-state index contributed by atoms with van der Waals surface area (Å²) in [6, 6.07) is 10.7. The summed E-state index contributed by atoms with van der Waals surface area (Å²) < 4.78 is 0. The Balaban J connectivity index is 2.34. The minimum absolute atomic E-state index is 0.00130. The number of phenolic OH excluding ortho intramolecular Hbond substituents is 1. The van der Waals surface area contributed by atoms with Crippen molar-refractivity contribution in [2.75, 3.05) is 0 Å². The molecule has 1 aliphatic rings. The summed E-state index contributed by atoms with van der Waals surface area (Å²) >= 11 is 0. The van der Waals surface area contributed by atoms with Crippen LogP contribution in [0.5, 0.6) is 5.75 Å². The first-order chi connectivity index (χ1) is 9.16. The molecule has 0 unspecified atom stereocenters. The first-order valence-corrected chi connectivity index (χ1v) is 5.86. The van der Waals surface area contributed by atoms with Crippen LogP contribution in [0.25, 0.3) is 16.3 Å². The quantitative estimate of drug-likeness (QED) is 0.791. The van der Waals surface area contributed by atoms with E-state index < -0.39 is 0 Å². The Morgan fingerprint density at radius 3 is 2.53 bits per heavy atom. The van der Waals surface area contributed by atoms with Crippen LogP contribution in [0.4, 0.5) is 0 Å². The fourth-order valence-corrected chi connectivity index (χ4v) is 2.25. The van der Waals surface area contributed by atoms with Crippen LogP contribution in [0.15, 0.2) is 54.6 Å². The molecule has 1 N–H and O–H groups in total. The summed E-state index contributed by atoms with van der Waals surface area (Å²) in [5, 5.41) is 11.7. The van der Waals surface area contributed by atoms with Crippen molar-refractivity contribution in [1.82, 2.24) is 0 Å². The largest absolute Gasteiger partial charge is 0.507 e. The molecule has 0 aliphatic heterocycles. The van der Waals surface area contributed by atoms with Gasteiger partial charge in [-0.3, -0.25) is 9.59 Å². The van der Waals surface area contributed by atoms with Crippen molar-refractivity contribution in [2.24, 2.45) is 0 Å². The van der Waals surface area contributed by atoms with E-state index in [1.165, 1.54) is 24.3 Å². The Bertz CT molecular complexity index is 767. The fraction of sp³-hybridized carbons (Fsp3) is 0. The average molecular weight is 250 g/mol. The number of aromatic hydroxyl groups is 1. The first-order valence-electron chi connectivity index (χ1n) is 5.86. The molecule has 0 bridgehead atoms. The molecule has 2 aromatic carbocycles. The van der Waals surface area contributed by atoms with Crippen molar-refractivity contribution >= 4 is 27.9 Å². The zero-order valence-corrected chi connectivity index (χ0v) is 9.96. The van der Waals surface area contributed by atoms with Gasteiger partial charge in [-0.15, -0.1) is 0 Å². The van der Waals surface area contributed by atoms with Crippen LogP contribution in [0.1, 0.15) is 5.56 Å². The molecule has 2 aromatic rings. The third-order valence-electron chi connectivity index (χ3n) is 3.13. The number of phenols is 1. The predicted octanol–water partition coefficient (Wildman–Crippen LogP) is 2.64. The molecular formula is C16H10O3. The van der Waals surface area contributed by atoms with Crippen LogP contribution in [0.3, 0.4) is 0 Å². The van der Waals surface area contributed by atoms with E-state index in [0.29, 0.717) is 5.56 Å². The normalized spacial score (nSPS) is 14.8. The Labute approximate surface area is 109 Å². The van der Waals surface area contributed by atoms with Crippen LogP contribution in [-0.4, -0.2) is 16.7 Å². The number of carbonyl (C=O) groups is 2. The molecule has 19 heavy (non-hydrogen) atoms. The number of fused-ring (bicyclic) bond motifs is 1. The van der Waals surface area contributed by atoms with Gasteiger partial charge >= 0.3 is 0 Å². The zero-order chi connectivity index (χ0) is 13.4. The minimum atomic E-state index is -0.272. The highest BCUT2D eigenvalue weighted by molar-refractivity contribution is 6.36. The molecule has 0 aromatic heterocycles. The Morgan fingerprint density at radius 2 is 1.68 bits per heavy atom. The Hall–Kier alpha value is -2.68. The van der Waals surface area contributed by atoms with Gasteiger partial charge in [0.15, 0.2) is 11.6 Å². The molecule has 0 amide bonds. The first kappa shape index (κ1) is 11.4. The van der Waals surface area contributed by atoms with Crippen LogP contribution in [0.2, 0.25) is 0 Å². The smallest absolute Gasteiger partial charge is 0.186 e. The maximum absolute atomic E-state index is 11.9. The van der Waals surface area contributed by atoms with Gasteiger partial charge in [-0.25, -0.2) is 0 Å². The van der Waals surface area contributed by atoms with Gasteiger partial charge in [-0.2, -0.15) is 0 Å². The number of rotatable bonds is 1. The summed E-state index contributed by atoms with van der Waals surface area (Å²) in [5.74, 6) is -0.519. The second-order valence-electron chi connectivity index (χ2n) is 4.34. The van der Waals surface area contributed by atoms with E-state index in [-0.39, 0.29) is 22.9 Å². The van der Waals surface area contributed by atoms with Crippen molar-refractivity contribution in [3.05, 3.63) is 60.2 Å². The third-order valence-corrected chi connectivity index (χ3v) is 3.13. The highest BCUT2D eigenvalue weighted by Crippen LogP contribution is 2.34. The van der Waals surface area contributed by atoms with Crippen molar-refractivity contribution < 1.29 is 14.7 Å². The second-order valence-corrected chi connectivity index (χ2v) is 4.34. The van der Waals surface area contributed by atoms with Gasteiger partial charge in [-0.1, -0.05) is 30.3 Å². The van der Waals surface area contributed by atoms with Crippen LogP contribution in [-0.2, 0) is 9.59 Å². The van der Waals surface area contributed by atoms with E-state index in [1.807, 2.05) is 24.3 Å². The molecular weight excluding hydrogens is 240 g/mol. The number of hydrogen-bond acceptors (Lipinski definition) is 3. The molecule has 0 saturated carbocycles. The maximum Gasteiger partial charge on any atom is 0.186 e. The summed E-state index contributed by atoms with van der Waals surface area (Å²) in [6.45, 7) is 0.